The highest BCUT2D eigenvalue weighted by atomic mass is 19.4. The van der Waals surface area contributed by atoms with Crippen molar-refractivity contribution in [2.75, 3.05) is 53.2 Å². The van der Waals surface area contributed by atoms with E-state index in [1.54, 1.807) is 18.2 Å². The summed E-state index contributed by atoms with van der Waals surface area (Å²) in [5.74, 6) is -0.778. The Morgan fingerprint density at radius 3 is 2.51 bits per heavy atom. The average molecular weight is 490 g/mol. The van der Waals surface area contributed by atoms with Gasteiger partial charge in [-0.3, -0.25) is 14.6 Å². The maximum atomic E-state index is 14.2. The summed E-state index contributed by atoms with van der Waals surface area (Å²) in [5, 5.41) is 0.0660. The zero-order valence-corrected chi connectivity index (χ0v) is 19.2. The molecular weight excluding hydrogens is 465 g/mol. The van der Waals surface area contributed by atoms with Gasteiger partial charge in [0, 0.05) is 38.3 Å². The Labute approximate surface area is 199 Å². The Morgan fingerprint density at radius 2 is 1.77 bits per heavy atom. The van der Waals surface area contributed by atoms with E-state index in [-0.39, 0.29) is 22.3 Å². The molecule has 35 heavy (non-hydrogen) atoms. The number of nitrogens with zero attached hydrogens (tertiary/aromatic N) is 2. The average Bonchev–Trinajstić information content (AvgIpc) is 2.87. The highest BCUT2D eigenvalue weighted by Crippen LogP contribution is 2.42. The molecule has 0 bridgehead atoms. The van der Waals surface area contributed by atoms with Crippen LogP contribution >= 0.6 is 0 Å². The third-order valence-corrected chi connectivity index (χ3v) is 6.37. The van der Waals surface area contributed by atoms with E-state index in [4.69, 9.17) is 18.6 Å². The number of para-hydroxylation sites is 1. The number of hydrogen-bond acceptors (Lipinski definition) is 7. The molecule has 0 radical (unpaired) electrons. The van der Waals surface area contributed by atoms with Gasteiger partial charge in [-0.2, -0.15) is 13.2 Å². The molecule has 186 valence electrons. The molecule has 2 aliphatic rings. The summed E-state index contributed by atoms with van der Waals surface area (Å²) >= 11 is 0. The van der Waals surface area contributed by atoms with E-state index >= 15 is 0 Å². The topological polar surface area (TPSA) is 64.4 Å². The molecule has 0 amide bonds. The second kappa shape index (κ2) is 9.52. The quantitative estimate of drug-likeness (QED) is 0.536. The fraction of sp³-hybridized carbons (Fsp3) is 0.400. The molecule has 0 spiro atoms. The third kappa shape index (κ3) is 4.61. The molecule has 1 fully saturated rings. The molecular formula is C25H25F3N2O5. The number of rotatable bonds is 5. The number of alkyl halides is 3. The largest absolute Gasteiger partial charge is 0.496 e. The Morgan fingerprint density at radius 1 is 1.03 bits per heavy atom. The van der Waals surface area contributed by atoms with Crippen molar-refractivity contribution in [3.63, 3.8) is 0 Å². The highest BCUT2D eigenvalue weighted by Gasteiger charge is 2.40. The Balaban J connectivity index is 1.57. The lowest BCUT2D eigenvalue weighted by Gasteiger charge is -2.32. The highest BCUT2D eigenvalue weighted by molar-refractivity contribution is 5.88. The first-order valence-corrected chi connectivity index (χ1v) is 11.4. The molecule has 1 saturated heterocycles. The van der Waals surface area contributed by atoms with Crippen LogP contribution in [0.15, 0.2) is 45.6 Å². The van der Waals surface area contributed by atoms with Gasteiger partial charge in [-0.15, -0.1) is 0 Å². The molecule has 0 aliphatic carbocycles. The van der Waals surface area contributed by atoms with Crippen molar-refractivity contribution < 1.29 is 31.8 Å². The SMILES string of the molecule is COc1ccccc1-c1c(C(F)(F)F)oc2c3c(ccc2c1=O)OCN(CCN1CCOCC1)C3. The summed E-state index contributed by atoms with van der Waals surface area (Å²) < 4.78 is 64.5. The first-order valence-electron chi connectivity index (χ1n) is 11.4. The van der Waals surface area contributed by atoms with Crippen LogP contribution in [0.2, 0.25) is 0 Å². The molecule has 0 N–H and O–H groups in total. The van der Waals surface area contributed by atoms with Crippen molar-refractivity contribution in [2.24, 2.45) is 0 Å². The van der Waals surface area contributed by atoms with Gasteiger partial charge in [0.25, 0.3) is 0 Å². The molecule has 2 aromatic carbocycles. The van der Waals surface area contributed by atoms with Crippen LogP contribution < -0.4 is 14.9 Å². The number of ether oxygens (including phenoxy) is 3. The summed E-state index contributed by atoms with van der Waals surface area (Å²) in [5.41, 5.74) is -0.974. The second-order valence-electron chi connectivity index (χ2n) is 8.53. The van der Waals surface area contributed by atoms with E-state index in [1.165, 1.54) is 25.3 Å². The van der Waals surface area contributed by atoms with E-state index in [1.807, 2.05) is 4.90 Å². The molecule has 1 aromatic heterocycles. The molecule has 3 heterocycles. The number of hydrogen-bond donors (Lipinski definition) is 0. The third-order valence-electron chi connectivity index (χ3n) is 6.37. The summed E-state index contributed by atoms with van der Waals surface area (Å²) in [6.45, 7) is 5.10. The minimum absolute atomic E-state index is 0.0269. The molecule has 5 rings (SSSR count). The van der Waals surface area contributed by atoms with Gasteiger partial charge in [0.2, 0.25) is 11.2 Å². The molecule has 2 aliphatic heterocycles. The van der Waals surface area contributed by atoms with Crippen molar-refractivity contribution in [3.05, 3.63) is 57.9 Å². The lowest BCUT2D eigenvalue weighted by Crippen LogP contribution is -2.43. The Bertz CT molecular complexity index is 1280. The van der Waals surface area contributed by atoms with E-state index in [0.717, 1.165) is 19.6 Å². The predicted octanol–water partition coefficient (Wildman–Crippen LogP) is 3.97. The fourth-order valence-corrected chi connectivity index (χ4v) is 4.56. The zero-order valence-electron chi connectivity index (χ0n) is 19.2. The zero-order chi connectivity index (χ0) is 24.6. The van der Waals surface area contributed by atoms with Crippen molar-refractivity contribution in [1.29, 1.82) is 0 Å². The van der Waals surface area contributed by atoms with Crippen LogP contribution in [0.5, 0.6) is 11.5 Å². The monoisotopic (exact) mass is 490 g/mol. The lowest BCUT2D eigenvalue weighted by atomic mass is 9.99. The summed E-state index contributed by atoms with van der Waals surface area (Å²) in [6.07, 6.45) is -4.89. The first kappa shape index (κ1) is 23.7. The lowest BCUT2D eigenvalue weighted by molar-refractivity contribution is -0.152. The van der Waals surface area contributed by atoms with E-state index in [2.05, 4.69) is 4.90 Å². The normalized spacial score (nSPS) is 17.3. The number of methoxy groups -OCH3 is 1. The molecule has 7 nitrogen and oxygen atoms in total. The van der Waals surface area contributed by atoms with Gasteiger partial charge in [0.15, 0.2) is 0 Å². The van der Waals surface area contributed by atoms with Crippen molar-refractivity contribution in [2.45, 2.75) is 12.7 Å². The van der Waals surface area contributed by atoms with Crippen molar-refractivity contribution in [1.82, 2.24) is 9.80 Å². The van der Waals surface area contributed by atoms with Crippen LogP contribution in [-0.2, 0) is 17.5 Å². The van der Waals surface area contributed by atoms with E-state index < -0.39 is 22.9 Å². The summed E-state index contributed by atoms with van der Waals surface area (Å²) in [6, 6.07) is 9.18. The smallest absolute Gasteiger partial charge is 0.450 e. The maximum Gasteiger partial charge on any atom is 0.450 e. The fourth-order valence-electron chi connectivity index (χ4n) is 4.56. The van der Waals surface area contributed by atoms with E-state index in [0.29, 0.717) is 44.3 Å². The minimum atomic E-state index is -4.89. The van der Waals surface area contributed by atoms with Crippen molar-refractivity contribution >= 4 is 11.0 Å². The molecule has 0 unspecified atom stereocenters. The maximum absolute atomic E-state index is 14.2. The number of halogens is 3. The molecule has 0 saturated carbocycles. The standard InChI is InChI=1S/C25H25F3N2O5/c1-32-19-5-3-2-4-16(19)21-22(31)17-6-7-20-18(23(17)35-24(21)25(26,27)28)14-30(15-34-20)9-8-29-10-12-33-13-11-29/h2-7H,8-15H2,1H3. The van der Waals surface area contributed by atoms with Crippen LogP contribution in [0.1, 0.15) is 11.3 Å². The van der Waals surface area contributed by atoms with Gasteiger partial charge in [0.1, 0.15) is 23.8 Å². The summed E-state index contributed by atoms with van der Waals surface area (Å²) in [7, 11) is 1.34. The Kier molecular flexibility index (Phi) is 6.43. The number of morpholine rings is 1. The number of benzene rings is 2. The first-order chi connectivity index (χ1) is 16.9. The van der Waals surface area contributed by atoms with Crippen LogP contribution in [0.4, 0.5) is 13.2 Å². The predicted molar refractivity (Wildman–Crippen MR) is 123 cm³/mol. The van der Waals surface area contributed by atoms with Gasteiger partial charge in [-0.05, 0) is 18.2 Å². The van der Waals surface area contributed by atoms with Crippen LogP contribution in [0.3, 0.4) is 0 Å². The van der Waals surface area contributed by atoms with Crippen LogP contribution in [0, 0.1) is 0 Å². The van der Waals surface area contributed by atoms with Gasteiger partial charge in [0.05, 0.1) is 36.8 Å². The minimum Gasteiger partial charge on any atom is -0.496 e. The Hall–Kier alpha value is -3.08. The van der Waals surface area contributed by atoms with Crippen molar-refractivity contribution in [3.8, 4) is 22.6 Å². The van der Waals surface area contributed by atoms with Gasteiger partial charge in [-0.1, -0.05) is 18.2 Å². The molecule has 10 heteroatoms. The van der Waals surface area contributed by atoms with Gasteiger partial charge < -0.3 is 18.6 Å². The number of fused-ring (bicyclic) bond motifs is 3. The molecule has 3 aromatic rings. The molecule has 0 atom stereocenters. The summed E-state index contributed by atoms with van der Waals surface area (Å²) in [4.78, 5) is 17.7. The van der Waals surface area contributed by atoms with E-state index in [9.17, 15) is 18.0 Å². The van der Waals surface area contributed by atoms with Crippen LogP contribution in [-0.4, -0.2) is 63.0 Å². The van der Waals surface area contributed by atoms with Crippen LogP contribution in [0.25, 0.3) is 22.1 Å². The van der Waals surface area contributed by atoms with Gasteiger partial charge >= 0.3 is 6.18 Å². The van der Waals surface area contributed by atoms with Gasteiger partial charge in [-0.25, -0.2) is 0 Å². The second-order valence-corrected chi connectivity index (χ2v) is 8.53.